The van der Waals surface area contributed by atoms with E-state index in [9.17, 15) is 9.59 Å². The molecule has 0 aromatic heterocycles. The number of carboxylic acids is 1. The van der Waals surface area contributed by atoms with Crippen molar-refractivity contribution in [2.45, 2.75) is 12.5 Å². The van der Waals surface area contributed by atoms with Gasteiger partial charge in [-0.1, -0.05) is 0 Å². The van der Waals surface area contributed by atoms with Crippen LogP contribution in [0.4, 0.5) is 10.5 Å². The number of carboxylic acid groups (broad SMARTS) is 1. The molecule has 2 amide bonds. The molecule has 8 heteroatoms. The van der Waals surface area contributed by atoms with Gasteiger partial charge in [-0.05, 0) is 28.1 Å². The summed E-state index contributed by atoms with van der Waals surface area (Å²) in [5.74, 6) is -0.660. The van der Waals surface area contributed by atoms with E-state index in [2.05, 4.69) is 26.6 Å². The summed E-state index contributed by atoms with van der Waals surface area (Å²) in [5, 5.41) is 22.4. The molecule has 1 atom stereocenters. The smallest absolute Gasteiger partial charge is 0.326 e. The zero-order valence-corrected chi connectivity index (χ0v) is 12.3. The number of aliphatic carboxylic acids is 1. The molecule has 0 spiro atoms. The van der Waals surface area contributed by atoms with E-state index in [0.29, 0.717) is 15.9 Å². The van der Waals surface area contributed by atoms with Gasteiger partial charge < -0.3 is 25.6 Å². The number of aliphatic hydroxyl groups is 1. The molecule has 1 rings (SSSR count). The maximum atomic E-state index is 11.7. The lowest BCUT2D eigenvalue weighted by Gasteiger charge is -2.15. The minimum atomic E-state index is -1.21. The minimum absolute atomic E-state index is 0.0674. The average Bonchev–Trinajstić information content (AvgIpc) is 2.40. The van der Waals surface area contributed by atoms with Gasteiger partial charge in [-0.2, -0.15) is 0 Å². The Morgan fingerprint density at radius 3 is 2.70 bits per heavy atom. The maximum Gasteiger partial charge on any atom is 0.326 e. The summed E-state index contributed by atoms with van der Waals surface area (Å²) in [6, 6.07) is 3.16. The number of aliphatic hydroxyl groups excluding tert-OH is 1. The number of rotatable bonds is 6. The highest BCUT2D eigenvalue weighted by Crippen LogP contribution is 2.26. The molecule has 110 valence electrons. The largest absolute Gasteiger partial charge is 0.497 e. The molecule has 0 aliphatic rings. The van der Waals surface area contributed by atoms with E-state index in [1.807, 2.05) is 0 Å². The van der Waals surface area contributed by atoms with E-state index in [-0.39, 0.29) is 13.0 Å². The summed E-state index contributed by atoms with van der Waals surface area (Å²) < 4.78 is 5.66. The Labute approximate surface area is 124 Å². The SMILES string of the molecule is COc1ccc(Br)c(NC(=O)N[C@H](CCO)C(=O)O)c1. The number of carbonyl (C=O) groups is 2. The lowest BCUT2D eigenvalue weighted by Crippen LogP contribution is -2.43. The number of hydrogen-bond donors (Lipinski definition) is 4. The lowest BCUT2D eigenvalue weighted by molar-refractivity contribution is -0.139. The zero-order valence-electron chi connectivity index (χ0n) is 10.7. The Hall–Kier alpha value is -1.80. The van der Waals surface area contributed by atoms with Crippen LogP contribution in [0.3, 0.4) is 0 Å². The van der Waals surface area contributed by atoms with E-state index in [1.165, 1.54) is 7.11 Å². The van der Waals surface area contributed by atoms with E-state index in [1.54, 1.807) is 18.2 Å². The number of methoxy groups -OCH3 is 1. The molecule has 0 saturated heterocycles. The number of nitrogens with one attached hydrogen (secondary N) is 2. The molecule has 0 fully saturated rings. The molecular formula is C12H15BrN2O5. The highest BCUT2D eigenvalue weighted by atomic mass is 79.9. The van der Waals surface area contributed by atoms with Crippen molar-refractivity contribution in [2.24, 2.45) is 0 Å². The molecule has 1 aromatic carbocycles. The van der Waals surface area contributed by atoms with Crippen LogP contribution in [0.2, 0.25) is 0 Å². The van der Waals surface area contributed by atoms with Gasteiger partial charge in [0.2, 0.25) is 0 Å². The third-order valence-electron chi connectivity index (χ3n) is 2.44. The van der Waals surface area contributed by atoms with Gasteiger partial charge in [0.25, 0.3) is 0 Å². The van der Waals surface area contributed by atoms with Crippen LogP contribution in [-0.4, -0.2) is 42.0 Å². The standard InChI is InChI=1S/C12H15BrN2O5/c1-20-7-2-3-8(13)10(6-7)15-12(19)14-9(4-5-16)11(17)18/h2-3,6,9,16H,4-5H2,1H3,(H,17,18)(H2,14,15,19)/t9-/m1/s1. The molecular weight excluding hydrogens is 332 g/mol. The number of carbonyl (C=O) groups excluding carboxylic acids is 1. The zero-order chi connectivity index (χ0) is 15.1. The van der Waals surface area contributed by atoms with Gasteiger partial charge in [0.05, 0.1) is 12.8 Å². The maximum absolute atomic E-state index is 11.7. The van der Waals surface area contributed by atoms with Gasteiger partial charge in [0.1, 0.15) is 11.8 Å². The van der Waals surface area contributed by atoms with E-state index >= 15 is 0 Å². The summed E-state index contributed by atoms with van der Waals surface area (Å²) in [5.41, 5.74) is 0.440. The van der Waals surface area contributed by atoms with Crippen molar-refractivity contribution in [3.05, 3.63) is 22.7 Å². The summed E-state index contributed by atoms with van der Waals surface area (Å²) in [6.07, 6.45) is -0.0674. The molecule has 0 aliphatic heterocycles. The fourth-order valence-electron chi connectivity index (χ4n) is 1.43. The molecule has 0 bridgehead atoms. The quantitative estimate of drug-likeness (QED) is 0.622. The summed E-state index contributed by atoms with van der Waals surface area (Å²) in [6.45, 7) is -0.333. The second-order valence-corrected chi connectivity index (χ2v) is 4.70. The Balaban J connectivity index is 2.72. The number of amides is 2. The van der Waals surface area contributed by atoms with Gasteiger partial charge in [-0.15, -0.1) is 0 Å². The first kappa shape index (κ1) is 16.3. The van der Waals surface area contributed by atoms with Crippen molar-refractivity contribution in [1.82, 2.24) is 5.32 Å². The molecule has 4 N–H and O–H groups in total. The summed E-state index contributed by atoms with van der Waals surface area (Å²) in [7, 11) is 1.49. The monoisotopic (exact) mass is 346 g/mol. The lowest BCUT2D eigenvalue weighted by atomic mass is 10.2. The molecule has 7 nitrogen and oxygen atoms in total. The second kappa shape index (κ2) is 7.71. The van der Waals surface area contributed by atoms with E-state index < -0.39 is 18.0 Å². The highest BCUT2D eigenvalue weighted by molar-refractivity contribution is 9.10. The number of ether oxygens (including phenoxy) is 1. The molecule has 1 aromatic rings. The van der Waals surface area contributed by atoms with Gasteiger partial charge >= 0.3 is 12.0 Å². The Kier molecular flexibility index (Phi) is 6.26. The van der Waals surface area contributed by atoms with Crippen LogP contribution in [0.25, 0.3) is 0 Å². The first-order chi connectivity index (χ1) is 9.47. The predicted molar refractivity (Wildman–Crippen MR) is 76.0 cm³/mol. The summed E-state index contributed by atoms with van der Waals surface area (Å²) >= 11 is 3.26. The molecule has 0 unspecified atom stereocenters. The Morgan fingerprint density at radius 2 is 2.15 bits per heavy atom. The topological polar surface area (TPSA) is 108 Å². The van der Waals surface area contributed by atoms with Crippen molar-refractivity contribution in [1.29, 1.82) is 0 Å². The summed E-state index contributed by atoms with van der Waals surface area (Å²) in [4.78, 5) is 22.6. The van der Waals surface area contributed by atoms with E-state index in [4.69, 9.17) is 14.9 Å². The predicted octanol–water partition coefficient (Wildman–Crippen LogP) is 1.41. The highest BCUT2D eigenvalue weighted by Gasteiger charge is 2.19. The third kappa shape index (κ3) is 4.71. The van der Waals surface area contributed by atoms with Crippen LogP contribution in [0.5, 0.6) is 5.75 Å². The van der Waals surface area contributed by atoms with Crippen molar-refractivity contribution in [3.63, 3.8) is 0 Å². The fraction of sp³-hybridized carbons (Fsp3) is 0.333. The average molecular weight is 347 g/mol. The van der Waals surface area contributed by atoms with Gasteiger partial charge in [0, 0.05) is 23.6 Å². The van der Waals surface area contributed by atoms with Crippen molar-refractivity contribution in [2.75, 3.05) is 19.0 Å². The van der Waals surface area contributed by atoms with Crippen LogP contribution in [-0.2, 0) is 4.79 Å². The van der Waals surface area contributed by atoms with Crippen LogP contribution in [0.1, 0.15) is 6.42 Å². The van der Waals surface area contributed by atoms with Gasteiger partial charge in [-0.3, -0.25) is 0 Å². The van der Waals surface area contributed by atoms with Crippen LogP contribution < -0.4 is 15.4 Å². The molecule has 0 heterocycles. The van der Waals surface area contributed by atoms with Crippen molar-refractivity contribution < 1.29 is 24.5 Å². The number of benzene rings is 1. The van der Waals surface area contributed by atoms with E-state index in [0.717, 1.165) is 0 Å². The van der Waals surface area contributed by atoms with Crippen LogP contribution >= 0.6 is 15.9 Å². The minimum Gasteiger partial charge on any atom is -0.497 e. The van der Waals surface area contributed by atoms with Crippen LogP contribution in [0, 0.1) is 0 Å². The molecule has 0 radical (unpaired) electrons. The number of halogens is 1. The Morgan fingerprint density at radius 1 is 1.45 bits per heavy atom. The van der Waals surface area contributed by atoms with Gasteiger partial charge in [0.15, 0.2) is 0 Å². The number of urea groups is 1. The third-order valence-corrected chi connectivity index (χ3v) is 3.13. The van der Waals surface area contributed by atoms with Crippen molar-refractivity contribution >= 4 is 33.6 Å². The molecule has 20 heavy (non-hydrogen) atoms. The van der Waals surface area contributed by atoms with Crippen molar-refractivity contribution in [3.8, 4) is 5.75 Å². The normalized spacial score (nSPS) is 11.6. The number of hydrogen-bond acceptors (Lipinski definition) is 4. The fourth-order valence-corrected chi connectivity index (χ4v) is 1.78. The van der Waals surface area contributed by atoms with Crippen LogP contribution in [0.15, 0.2) is 22.7 Å². The first-order valence-electron chi connectivity index (χ1n) is 5.72. The second-order valence-electron chi connectivity index (χ2n) is 3.85. The first-order valence-corrected chi connectivity index (χ1v) is 6.52. The molecule has 0 aliphatic carbocycles. The molecule has 0 saturated carbocycles. The van der Waals surface area contributed by atoms with Gasteiger partial charge in [-0.25, -0.2) is 9.59 Å². The Bertz CT molecular complexity index is 495. The number of anilines is 1.